The van der Waals surface area contributed by atoms with E-state index in [0.717, 1.165) is 5.56 Å². The van der Waals surface area contributed by atoms with Gasteiger partial charge < -0.3 is 5.73 Å². The van der Waals surface area contributed by atoms with Gasteiger partial charge in [0.05, 0.1) is 4.90 Å². The van der Waals surface area contributed by atoms with Crippen molar-refractivity contribution >= 4 is 15.7 Å². The van der Waals surface area contributed by atoms with E-state index in [1.807, 2.05) is 6.07 Å². The second kappa shape index (κ2) is 5.60. The van der Waals surface area contributed by atoms with Crippen molar-refractivity contribution in [2.45, 2.75) is 25.3 Å². The lowest BCUT2D eigenvalue weighted by Gasteiger charge is -2.13. The molecule has 1 aromatic heterocycles. The Bertz CT molecular complexity index is 689. The van der Waals surface area contributed by atoms with E-state index in [2.05, 4.69) is 9.71 Å². The maximum Gasteiger partial charge on any atom is 0.241 e. The Morgan fingerprint density at radius 3 is 2.45 bits per heavy atom. The molecule has 0 radical (unpaired) electrons. The summed E-state index contributed by atoms with van der Waals surface area (Å²) in [5.41, 5.74) is 8.36. The molecule has 0 amide bonds. The Balaban J connectivity index is 2.28. The van der Waals surface area contributed by atoms with Gasteiger partial charge in [-0.05, 0) is 48.7 Å². The van der Waals surface area contributed by atoms with Crippen LogP contribution in [0.15, 0.2) is 41.6 Å². The largest absolute Gasteiger partial charge is 0.399 e. The normalized spacial score (nSPS) is 11.5. The van der Waals surface area contributed by atoms with Gasteiger partial charge in [-0.25, -0.2) is 13.1 Å². The van der Waals surface area contributed by atoms with Gasteiger partial charge in [-0.3, -0.25) is 4.98 Å². The van der Waals surface area contributed by atoms with E-state index in [1.165, 1.54) is 0 Å². The van der Waals surface area contributed by atoms with Crippen molar-refractivity contribution in [3.05, 3.63) is 53.3 Å². The van der Waals surface area contributed by atoms with E-state index < -0.39 is 10.0 Å². The van der Waals surface area contributed by atoms with E-state index in [0.29, 0.717) is 16.8 Å². The van der Waals surface area contributed by atoms with Crippen LogP contribution in [-0.4, -0.2) is 13.4 Å². The molecule has 20 heavy (non-hydrogen) atoms. The number of nitrogens with zero attached hydrogens (tertiary/aromatic N) is 1. The number of aryl methyl sites for hydroxylation is 2. The number of aromatic nitrogens is 1. The van der Waals surface area contributed by atoms with Crippen molar-refractivity contribution in [1.29, 1.82) is 0 Å². The summed E-state index contributed by atoms with van der Waals surface area (Å²) in [5.74, 6) is 0. The number of hydrogen-bond donors (Lipinski definition) is 2. The van der Waals surface area contributed by atoms with Crippen molar-refractivity contribution in [2.75, 3.05) is 5.73 Å². The molecular weight excluding hydrogens is 274 g/mol. The minimum absolute atomic E-state index is 0.208. The van der Waals surface area contributed by atoms with E-state index >= 15 is 0 Å². The van der Waals surface area contributed by atoms with E-state index in [-0.39, 0.29) is 11.4 Å². The zero-order valence-corrected chi connectivity index (χ0v) is 12.2. The van der Waals surface area contributed by atoms with Crippen LogP contribution in [0.25, 0.3) is 0 Å². The molecule has 0 unspecified atom stereocenters. The number of anilines is 1. The molecule has 1 aromatic carbocycles. The molecule has 0 saturated heterocycles. The Morgan fingerprint density at radius 2 is 1.90 bits per heavy atom. The molecule has 0 aliphatic heterocycles. The van der Waals surface area contributed by atoms with Gasteiger partial charge in [-0.15, -0.1) is 0 Å². The van der Waals surface area contributed by atoms with Gasteiger partial charge in [0.2, 0.25) is 10.0 Å². The number of sulfonamides is 1. The average Bonchev–Trinajstić information content (AvgIpc) is 2.36. The molecule has 0 aliphatic carbocycles. The topological polar surface area (TPSA) is 85.1 Å². The minimum Gasteiger partial charge on any atom is -0.399 e. The zero-order chi connectivity index (χ0) is 14.8. The minimum atomic E-state index is -3.57. The van der Waals surface area contributed by atoms with Gasteiger partial charge >= 0.3 is 0 Å². The maximum absolute atomic E-state index is 12.4. The van der Waals surface area contributed by atoms with Gasteiger partial charge in [0, 0.05) is 24.6 Å². The fourth-order valence-electron chi connectivity index (χ4n) is 2.16. The van der Waals surface area contributed by atoms with Gasteiger partial charge in [-0.1, -0.05) is 6.07 Å². The third-order valence-corrected chi connectivity index (χ3v) is 4.65. The summed E-state index contributed by atoms with van der Waals surface area (Å²) in [7, 11) is -3.57. The van der Waals surface area contributed by atoms with Crippen molar-refractivity contribution in [3.63, 3.8) is 0 Å². The van der Waals surface area contributed by atoms with Crippen LogP contribution >= 0.6 is 0 Å². The van der Waals surface area contributed by atoms with Crippen LogP contribution < -0.4 is 10.5 Å². The molecule has 0 atom stereocenters. The van der Waals surface area contributed by atoms with E-state index in [4.69, 9.17) is 5.73 Å². The smallest absolute Gasteiger partial charge is 0.241 e. The Hall–Kier alpha value is -1.92. The molecule has 0 fully saturated rings. The number of nitrogen functional groups attached to an aromatic ring is 1. The monoisotopic (exact) mass is 291 g/mol. The van der Waals surface area contributed by atoms with Gasteiger partial charge in [0.1, 0.15) is 0 Å². The lowest BCUT2D eigenvalue weighted by Crippen LogP contribution is -2.25. The van der Waals surface area contributed by atoms with Crippen LogP contribution in [-0.2, 0) is 16.6 Å². The molecule has 3 N–H and O–H groups in total. The first-order chi connectivity index (χ1) is 9.40. The Labute approximate surface area is 118 Å². The molecule has 5 nitrogen and oxygen atoms in total. The molecular formula is C14H17N3O2S. The summed E-state index contributed by atoms with van der Waals surface area (Å²) < 4.78 is 27.4. The Morgan fingerprint density at radius 1 is 1.25 bits per heavy atom. The van der Waals surface area contributed by atoms with Crippen molar-refractivity contribution < 1.29 is 8.42 Å². The van der Waals surface area contributed by atoms with Crippen LogP contribution in [0.1, 0.15) is 16.7 Å². The number of nitrogens with one attached hydrogen (secondary N) is 1. The summed E-state index contributed by atoms with van der Waals surface area (Å²) in [6, 6.07) is 6.90. The molecule has 0 saturated carbocycles. The summed E-state index contributed by atoms with van der Waals surface area (Å²) in [4.78, 5) is 4.24. The highest BCUT2D eigenvalue weighted by molar-refractivity contribution is 7.89. The van der Waals surface area contributed by atoms with E-state index in [9.17, 15) is 8.42 Å². The summed E-state index contributed by atoms with van der Waals surface area (Å²) in [6.07, 6.45) is 3.28. The van der Waals surface area contributed by atoms with Crippen LogP contribution in [0.4, 0.5) is 5.69 Å². The first kappa shape index (κ1) is 14.5. The highest BCUT2D eigenvalue weighted by atomic mass is 32.2. The van der Waals surface area contributed by atoms with Gasteiger partial charge in [-0.2, -0.15) is 0 Å². The third kappa shape index (κ3) is 3.15. The Kier molecular flexibility index (Phi) is 4.06. The van der Waals surface area contributed by atoms with E-state index in [1.54, 1.807) is 44.4 Å². The number of benzene rings is 1. The average molecular weight is 291 g/mol. The number of pyridine rings is 1. The van der Waals surface area contributed by atoms with Crippen molar-refractivity contribution in [2.24, 2.45) is 0 Å². The second-order valence-corrected chi connectivity index (χ2v) is 6.37. The number of hydrogen-bond acceptors (Lipinski definition) is 4. The lowest BCUT2D eigenvalue weighted by atomic mass is 10.1. The molecule has 2 rings (SSSR count). The molecule has 0 spiro atoms. The highest BCUT2D eigenvalue weighted by Crippen LogP contribution is 2.23. The number of rotatable bonds is 4. The molecule has 2 aromatic rings. The first-order valence-electron chi connectivity index (χ1n) is 6.15. The standard InChI is InChI=1S/C14H17N3O2S/c1-10-6-13(15)7-11(2)14(10)20(18,19)17-9-12-4-3-5-16-8-12/h3-8,17H,9,15H2,1-2H3. The van der Waals surface area contributed by atoms with Gasteiger partial charge in [0.25, 0.3) is 0 Å². The van der Waals surface area contributed by atoms with Crippen LogP contribution in [0.3, 0.4) is 0 Å². The van der Waals surface area contributed by atoms with Gasteiger partial charge in [0.15, 0.2) is 0 Å². The lowest BCUT2D eigenvalue weighted by molar-refractivity contribution is 0.580. The summed E-state index contributed by atoms with van der Waals surface area (Å²) >= 11 is 0. The summed E-state index contributed by atoms with van der Waals surface area (Å²) in [5, 5.41) is 0. The number of nitrogens with two attached hydrogens (primary N) is 1. The van der Waals surface area contributed by atoms with Crippen LogP contribution in [0, 0.1) is 13.8 Å². The molecule has 0 bridgehead atoms. The predicted octanol–water partition coefficient (Wildman–Crippen LogP) is 1.76. The fourth-order valence-corrected chi connectivity index (χ4v) is 3.63. The zero-order valence-electron chi connectivity index (χ0n) is 11.4. The van der Waals surface area contributed by atoms with Crippen LogP contribution in [0.5, 0.6) is 0 Å². The second-order valence-electron chi connectivity index (χ2n) is 4.67. The SMILES string of the molecule is Cc1cc(N)cc(C)c1S(=O)(=O)NCc1cccnc1. The first-order valence-corrected chi connectivity index (χ1v) is 7.64. The predicted molar refractivity (Wildman–Crippen MR) is 78.6 cm³/mol. The van der Waals surface area contributed by atoms with Crippen LogP contribution in [0.2, 0.25) is 0 Å². The molecule has 1 heterocycles. The van der Waals surface area contributed by atoms with Crippen molar-refractivity contribution in [1.82, 2.24) is 9.71 Å². The maximum atomic E-state index is 12.4. The van der Waals surface area contributed by atoms with Crippen molar-refractivity contribution in [3.8, 4) is 0 Å². The fraction of sp³-hybridized carbons (Fsp3) is 0.214. The molecule has 106 valence electrons. The molecule has 6 heteroatoms. The highest BCUT2D eigenvalue weighted by Gasteiger charge is 2.19. The summed E-state index contributed by atoms with van der Waals surface area (Å²) in [6.45, 7) is 3.68. The molecule has 0 aliphatic rings. The quantitative estimate of drug-likeness (QED) is 0.841. The third-order valence-electron chi connectivity index (χ3n) is 2.94.